The maximum atomic E-state index is 13.2. The summed E-state index contributed by atoms with van der Waals surface area (Å²) in [6.45, 7) is 0.906. The SMILES string of the molecule is COc1cc(C(=O)N2CC[S+](c3c(O)c4cc(Cl)ccc4n(C)c3=O)CC2)cc(OC)c1OC. The van der Waals surface area contributed by atoms with Crippen LogP contribution in [0, 0.1) is 0 Å². The zero-order chi connectivity index (χ0) is 24.6. The molecule has 3 aromatic rings. The van der Waals surface area contributed by atoms with Crippen molar-refractivity contribution in [2.24, 2.45) is 7.05 Å². The minimum atomic E-state index is -0.505. The first kappa shape index (κ1) is 24.1. The van der Waals surface area contributed by atoms with E-state index in [1.807, 2.05) is 0 Å². The lowest BCUT2D eigenvalue weighted by atomic mass is 10.1. The number of fused-ring (bicyclic) bond motifs is 1. The van der Waals surface area contributed by atoms with Crippen LogP contribution in [-0.2, 0) is 17.9 Å². The Balaban J connectivity index is 1.59. The van der Waals surface area contributed by atoms with E-state index in [0.717, 1.165) is 0 Å². The molecule has 34 heavy (non-hydrogen) atoms. The van der Waals surface area contributed by atoms with Gasteiger partial charge in [-0.05, 0) is 30.3 Å². The van der Waals surface area contributed by atoms with Gasteiger partial charge in [-0.1, -0.05) is 11.6 Å². The van der Waals surface area contributed by atoms with Crippen LogP contribution >= 0.6 is 11.6 Å². The van der Waals surface area contributed by atoms with E-state index in [1.165, 1.54) is 21.3 Å². The first-order valence-electron chi connectivity index (χ1n) is 10.6. The lowest BCUT2D eigenvalue weighted by molar-refractivity contribution is 0.0770. The number of carbonyl (C=O) groups is 1. The van der Waals surface area contributed by atoms with Crippen LogP contribution < -0.4 is 19.8 Å². The number of benzene rings is 2. The highest BCUT2D eigenvalue weighted by molar-refractivity contribution is 7.97. The van der Waals surface area contributed by atoms with Crippen LogP contribution in [0.1, 0.15) is 10.4 Å². The summed E-state index contributed by atoms with van der Waals surface area (Å²) in [5, 5.41) is 12.0. The van der Waals surface area contributed by atoms with Gasteiger partial charge in [-0.2, -0.15) is 0 Å². The summed E-state index contributed by atoms with van der Waals surface area (Å²) in [4.78, 5) is 28.4. The van der Waals surface area contributed by atoms with Crippen LogP contribution in [0.15, 0.2) is 40.0 Å². The quantitative estimate of drug-likeness (QED) is 0.536. The minimum Gasteiger partial charge on any atom is -0.503 e. The number of pyridine rings is 1. The molecule has 1 aromatic heterocycles. The van der Waals surface area contributed by atoms with E-state index in [0.29, 0.717) is 68.2 Å². The third-order valence-corrected chi connectivity index (χ3v) is 8.52. The molecule has 1 aliphatic heterocycles. The molecule has 0 atom stereocenters. The van der Waals surface area contributed by atoms with Gasteiger partial charge in [-0.15, -0.1) is 0 Å². The van der Waals surface area contributed by atoms with Crippen molar-refractivity contribution in [3.8, 4) is 23.0 Å². The lowest BCUT2D eigenvalue weighted by Crippen LogP contribution is -2.45. The van der Waals surface area contributed by atoms with Crippen LogP contribution in [0.4, 0.5) is 0 Å². The average Bonchev–Trinajstić information content (AvgIpc) is 2.86. The van der Waals surface area contributed by atoms with Gasteiger partial charge in [-0.3, -0.25) is 9.59 Å². The third-order valence-electron chi connectivity index (χ3n) is 5.99. The molecule has 2 heterocycles. The van der Waals surface area contributed by atoms with Crippen molar-refractivity contribution in [2.45, 2.75) is 4.90 Å². The van der Waals surface area contributed by atoms with Gasteiger partial charge in [0.05, 0.1) is 39.9 Å². The molecule has 10 heteroatoms. The Kier molecular flexibility index (Phi) is 6.86. The van der Waals surface area contributed by atoms with E-state index in [4.69, 9.17) is 25.8 Å². The summed E-state index contributed by atoms with van der Waals surface area (Å²) >= 11 is 6.13. The molecule has 0 bridgehead atoms. The molecule has 0 aliphatic carbocycles. The van der Waals surface area contributed by atoms with Crippen molar-refractivity contribution in [3.05, 3.63) is 51.3 Å². The molecule has 180 valence electrons. The molecule has 0 unspecified atom stereocenters. The Labute approximate surface area is 204 Å². The van der Waals surface area contributed by atoms with Crippen LogP contribution in [0.25, 0.3) is 10.9 Å². The van der Waals surface area contributed by atoms with Gasteiger partial charge in [0.25, 0.3) is 10.8 Å². The Bertz CT molecular complexity index is 1290. The summed E-state index contributed by atoms with van der Waals surface area (Å²) in [5.74, 6) is 2.20. The fourth-order valence-electron chi connectivity index (χ4n) is 4.18. The minimum absolute atomic E-state index is 0.0201. The topological polar surface area (TPSA) is 90.2 Å². The molecule has 8 nitrogen and oxygen atoms in total. The highest BCUT2D eigenvalue weighted by atomic mass is 35.5. The molecule has 0 radical (unpaired) electrons. The van der Waals surface area contributed by atoms with E-state index in [2.05, 4.69) is 0 Å². The second-order valence-corrected chi connectivity index (χ2v) is 10.5. The number of hydrogen-bond donors (Lipinski definition) is 1. The van der Waals surface area contributed by atoms with Gasteiger partial charge >= 0.3 is 5.56 Å². The van der Waals surface area contributed by atoms with Crippen molar-refractivity contribution in [2.75, 3.05) is 45.9 Å². The lowest BCUT2D eigenvalue weighted by Gasteiger charge is -2.27. The van der Waals surface area contributed by atoms with Crippen molar-refractivity contribution < 1.29 is 24.1 Å². The normalized spacial score (nSPS) is 14.3. The molecule has 4 rings (SSSR count). The number of nitrogens with zero attached hydrogens (tertiary/aromatic N) is 2. The maximum Gasteiger partial charge on any atom is 0.310 e. The molecule has 0 spiro atoms. The fourth-order valence-corrected chi connectivity index (χ4v) is 6.62. The van der Waals surface area contributed by atoms with Crippen molar-refractivity contribution in [1.29, 1.82) is 0 Å². The number of rotatable bonds is 5. The fraction of sp³-hybridized carbons (Fsp3) is 0.333. The van der Waals surface area contributed by atoms with Gasteiger partial charge in [0.1, 0.15) is 11.5 Å². The van der Waals surface area contributed by atoms with Crippen LogP contribution in [-0.4, -0.2) is 66.4 Å². The number of aromatic hydroxyl groups is 1. The van der Waals surface area contributed by atoms with Gasteiger partial charge in [0, 0.05) is 33.9 Å². The van der Waals surface area contributed by atoms with Gasteiger partial charge in [0.2, 0.25) is 5.75 Å². The molecule has 1 N–H and O–H groups in total. The number of aromatic nitrogens is 1. The number of carbonyl (C=O) groups excluding carboxylic acids is 1. The van der Waals surface area contributed by atoms with Gasteiger partial charge in [0.15, 0.2) is 17.2 Å². The summed E-state index contributed by atoms with van der Waals surface area (Å²) < 4.78 is 17.6. The zero-order valence-corrected chi connectivity index (χ0v) is 21.0. The second-order valence-electron chi connectivity index (χ2n) is 7.81. The van der Waals surface area contributed by atoms with E-state index in [9.17, 15) is 14.7 Å². The van der Waals surface area contributed by atoms with E-state index in [-0.39, 0.29) is 17.2 Å². The summed E-state index contributed by atoms with van der Waals surface area (Å²) in [6.07, 6.45) is 0. The highest BCUT2D eigenvalue weighted by Crippen LogP contribution is 2.39. The number of ether oxygens (including phenoxy) is 3. The van der Waals surface area contributed by atoms with Crippen molar-refractivity contribution in [1.82, 2.24) is 9.47 Å². The Morgan fingerprint density at radius 3 is 2.21 bits per heavy atom. The van der Waals surface area contributed by atoms with Crippen molar-refractivity contribution in [3.63, 3.8) is 0 Å². The van der Waals surface area contributed by atoms with Gasteiger partial charge < -0.3 is 28.8 Å². The molecule has 0 saturated carbocycles. The predicted molar refractivity (Wildman–Crippen MR) is 133 cm³/mol. The maximum absolute atomic E-state index is 13.2. The summed E-state index contributed by atoms with van der Waals surface area (Å²) in [7, 11) is 5.70. The summed E-state index contributed by atoms with van der Waals surface area (Å²) in [6, 6.07) is 8.35. The van der Waals surface area contributed by atoms with Crippen LogP contribution in [0.3, 0.4) is 0 Å². The first-order valence-corrected chi connectivity index (χ1v) is 12.5. The molecule has 1 fully saturated rings. The molecule has 1 saturated heterocycles. The van der Waals surface area contributed by atoms with Crippen molar-refractivity contribution >= 4 is 39.3 Å². The van der Waals surface area contributed by atoms with E-state index in [1.54, 1.807) is 46.8 Å². The third kappa shape index (κ3) is 4.14. The largest absolute Gasteiger partial charge is 0.503 e. The van der Waals surface area contributed by atoms with Crippen LogP contribution in [0.2, 0.25) is 5.02 Å². The average molecular weight is 506 g/mol. The monoisotopic (exact) mass is 505 g/mol. The Hall–Kier alpha value is -3.04. The number of methoxy groups -OCH3 is 3. The van der Waals surface area contributed by atoms with Gasteiger partial charge in [-0.25, -0.2) is 0 Å². The number of amides is 1. The zero-order valence-electron chi connectivity index (χ0n) is 19.4. The molecule has 1 aliphatic rings. The first-order chi connectivity index (χ1) is 16.3. The standard InChI is InChI=1S/C24H25ClN2O6S/c1-26-17-6-5-15(25)13-16(17)20(28)22(24(26)30)34-9-7-27(8-10-34)23(29)14-11-18(31-2)21(33-4)19(12-14)32-3/h5-6,11-13H,7-10H2,1-4H3/p+1. The van der Waals surface area contributed by atoms with Crippen LogP contribution in [0.5, 0.6) is 23.0 Å². The summed E-state index contributed by atoms with van der Waals surface area (Å²) in [5.41, 5.74) is 0.825. The van der Waals surface area contributed by atoms with E-state index < -0.39 is 10.9 Å². The molecule has 1 amide bonds. The molecular formula is C24H26ClN2O6S+. The number of aryl methyl sites for hydroxylation is 1. The smallest absolute Gasteiger partial charge is 0.310 e. The number of halogens is 1. The predicted octanol–water partition coefficient (Wildman–Crippen LogP) is 3.06. The second kappa shape index (κ2) is 9.68. The molecule has 2 aromatic carbocycles. The Morgan fingerprint density at radius 1 is 1.03 bits per heavy atom. The highest BCUT2D eigenvalue weighted by Gasteiger charge is 2.37. The van der Waals surface area contributed by atoms with E-state index >= 15 is 0 Å². The Morgan fingerprint density at radius 2 is 1.65 bits per heavy atom. The molecular weight excluding hydrogens is 480 g/mol. The number of hydrogen-bond acceptors (Lipinski definition) is 6.